The number of aromatic nitrogens is 1. The van der Waals surface area contributed by atoms with Crippen LogP contribution in [-0.2, 0) is 13.1 Å². The molecule has 0 radical (unpaired) electrons. The lowest BCUT2D eigenvalue weighted by Crippen LogP contribution is -2.34. The second kappa shape index (κ2) is 10.1. The Morgan fingerprint density at radius 3 is 2.41 bits per heavy atom. The van der Waals surface area contributed by atoms with E-state index in [0.717, 1.165) is 38.0 Å². The van der Waals surface area contributed by atoms with Crippen molar-refractivity contribution in [3.8, 4) is 17.4 Å². The van der Waals surface area contributed by atoms with Gasteiger partial charge in [-0.15, -0.1) is 0 Å². The van der Waals surface area contributed by atoms with Gasteiger partial charge in [0.2, 0.25) is 12.7 Å². The number of hydrogen-bond donors (Lipinski definition) is 1. The average molecular weight is 496 g/mol. The number of hydrogen-bond acceptors (Lipinski definition) is 6. The SMILES string of the molecule is O=c1c2ccccc2c(C=NC2CCN(Cc3ccccc3)CC2)c(O)n1Cc1ccc2c(c1)OCO2. The predicted molar refractivity (Wildman–Crippen MR) is 144 cm³/mol. The molecule has 0 spiro atoms. The first-order valence-corrected chi connectivity index (χ1v) is 12.7. The molecule has 1 N–H and O–H groups in total. The van der Waals surface area contributed by atoms with Crippen LogP contribution in [0.4, 0.5) is 0 Å². The van der Waals surface area contributed by atoms with E-state index in [4.69, 9.17) is 14.5 Å². The van der Waals surface area contributed by atoms with Gasteiger partial charge in [-0.25, -0.2) is 0 Å². The van der Waals surface area contributed by atoms with Crippen molar-refractivity contribution in [1.82, 2.24) is 9.47 Å². The van der Waals surface area contributed by atoms with Crippen molar-refractivity contribution in [2.45, 2.75) is 32.0 Å². The van der Waals surface area contributed by atoms with Crippen molar-refractivity contribution in [1.29, 1.82) is 0 Å². The van der Waals surface area contributed by atoms with Crippen LogP contribution in [0.1, 0.15) is 29.5 Å². The maximum atomic E-state index is 13.3. The van der Waals surface area contributed by atoms with Crippen molar-refractivity contribution in [2.24, 2.45) is 4.99 Å². The average Bonchev–Trinajstić information content (AvgIpc) is 3.41. The minimum Gasteiger partial charge on any atom is -0.494 e. The highest BCUT2D eigenvalue weighted by molar-refractivity contribution is 6.01. The third-order valence-electron chi connectivity index (χ3n) is 7.19. The molecule has 1 saturated heterocycles. The summed E-state index contributed by atoms with van der Waals surface area (Å²) in [4.78, 5) is 20.7. The first kappa shape index (κ1) is 23.3. The number of pyridine rings is 1. The fourth-order valence-electron chi connectivity index (χ4n) is 5.16. The second-order valence-corrected chi connectivity index (χ2v) is 9.63. The molecular formula is C30H29N3O4. The Kier molecular flexibility index (Phi) is 6.37. The minimum atomic E-state index is -0.239. The zero-order valence-electron chi connectivity index (χ0n) is 20.5. The van der Waals surface area contributed by atoms with Crippen LogP contribution in [-0.4, -0.2) is 46.7 Å². The molecule has 0 unspecified atom stereocenters. The predicted octanol–water partition coefficient (Wildman–Crippen LogP) is 4.57. The molecule has 1 fully saturated rings. The van der Waals surface area contributed by atoms with Crippen molar-refractivity contribution < 1.29 is 14.6 Å². The van der Waals surface area contributed by atoms with Gasteiger partial charge >= 0.3 is 0 Å². The molecule has 0 atom stereocenters. The molecule has 188 valence electrons. The highest BCUT2D eigenvalue weighted by Crippen LogP contribution is 2.33. The van der Waals surface area contributed by atoms with Crippen molar-refractivity contribution in [2.75, 3.05) is 19.9 Å². The molecule has 37 heavy (non-hydrogen) atoms. The van der Waals surface area contributed by atoms with E-state index in [1.54, 1.807) is 12.3 Å². The Morgan fingerprint density at radius 2 is 1.59 bits per heavy atom. The molecule has 2 aliphatic rings. The number of aromatic hydroxyl groups is 1. The van der Waals surface area contributed by atoms with E-state index in [1.165, 1.54) is 10.1 Å². The highest BCUT2D eigenvalue weighted by atomic mass is 16.7. The number of ether oxygens (including phenoxy) is 2. The van der Waals surface area contributed by atoms with Crippen LogP contribution in [0.15, 0.2) is 82.6 Å². The van der Waals surface area contributed by atoms with E-state index in [-0.39, 0.29) is 30.8 Å². The Morgan fingerprint density at radius 1 is 0.865 bits per heavy atom. The van der Waals surface area contributed by atoms with Crippen LogP contribution in [0, 0.1) is 0 Å². The zero-order chi connectivity index (χ0) is 25.2. The molecule has 1 aromatic heterocycles. The van der Waals surface area contributed by atoms with Gasteiger partial charge < -0.3 is 14.6 Å². The third kappa shape index (κ3) is 4.82. The zero-order valence-corrected chi connectivity index (χ0v) is 20.5. The maximum absolute atomic E-state index is 13.3. The fraction of sp³-hybridized carbons (Fsp3) is 0.267. The molecule has 7 heteroatoms. The van der Waals surface area contributed by atoms with E-state index in [1.807, 2.05) is 42.5 Å². The minimum absolute atomic E-state index is 0.0772. The molecule has 0 bridgehead atoms. The molecule has 6 rings (SSSR count). The number of fused-ring (bicyclic) bond motifs is 2. The number of benzene rings is 3. The summed E-state index contributed by atoms with van der Waals surface area (Å²) < 4.78 is 12.3. The summed E-state index contributed by atoms with van der Waals surface area (Å²) in [6.07, 6.45) is 3.67. The summed E-state index contributed by atoms with van der Waals surface area (Å²) in [7, 11) is 0. The Balaban J connectivity index is 1.24. The summed E-state index contributed by atoms with van der Waals surface area (Å²) in [5.41, 5.74) is 2.50. The van der Waals surface area contributed by atoms with Gasteiger partial charge in [0.25, 0.3) is 5.56 Å². The Labute approximate surface area is 215 Å². The van der Waals surface area contributed by atoms with Crippen molar-refractivity contribution in [3.05, 3.63) is 99.8 Å². The first-order valence-electron chi connectivity index (χ1n) is 12.7. The van der Waals surface area contributed by atoms with Crippen LogP contribution in [0.2, 0.25) is 0 Å². The standard InChI is InChI=1S/C30H29N3O4/c34-29-25-9-5-4-8-24(25)26(30(35)33(29)19-22-10-11-27-28(16-22)37-20-36-27)17-31-23-12-14-32(15-13-23)18-21-6-2-1-3-7-21/h1-11,16-17,23,35H,12-15,18-20H2. The van der Waals surface area contributed by atoms with Gasteiger partial charge in [0, 0.05) is 36.6 Å². The van der Waals surface area contributed by atoms with E-state index in [9.17, 15) is 9.90 Å². The van der Waals surface area contributed by atoms with E-state index >= 15 is 0 Å². The van der Waals surface area contributed by atoms with Crippen molar-refractivity contribution in [3.63, 3.8) is 0 Å². The van der Waals surface area contributed by atoms with Crippen LogP contribution in [0.25, 0.3) is 10.8 Å². The van der Waals surface area contributed by atoms with Crippen LogP contribution >= 0.6 is 0 Å². The number of likely N-dealkylation sites (tertiary alicyclic amines) is 1. The van der Waals surface area contributed by atoms with Crippen LogP contribution < -0.4 is 15.0 Å². The van der Waals surface area contributed by atoms with Gasteiger partial charge in [-0.2, -0.15) is 0 Å². The molecule has 4 aromatic rings. The van der Waals surface area contributed by atoms with Gasteiger partial charge in [0.05, 0.1) is 18.2 Å². The van der Waals surface area contributed by atoms with E-state index in [0.29, 0.717) is 27.8 Å². The molecule has 7 nitrogen and oxygen atoms in total. The highest BCUT2D eigenvalue weighted by Gasteiger charge is 2.20. The molecular weight excluding hydrogens is 466 g/mol. The molecule has 2 aliphatic heterocycles. The summed E-state index contributed by atoms with van der Waals surface area (Å²) in [6.45, 7) is 3.31. The molecule has 0 amide bonds. The number of rotatable bonds is 6. The first-order chi connectivity index (χ1) is 18.2. The summed E-state index contributed by atoms with van der Waals surface area (Å²) in [6, 6.07) is 23.6. The van der Waals surface area contributed by atoms with Gasteiger partial charge in [-0.05, 0) is 42.2 Å². The van der Waals surface area contributed by atoms with E-state index < -0.39 is 0 Å². The largest absolute Gasteiger partial charge is 0.494 e. The molecule has 0 saturated carbocycles. The van der Waals surface area contributed by atoms with Gasteiger partial charge in [-0.1, -0.05) is 54.6 Å². The molecule has 0 aliphatic carbocycles. The van der Waals surface area contributed by atoms with Gasteiger partial charge in [0.1, 0.15) is 0 Å². The lowest BCUT2D eigenvalue weighted by molar-refractivity contribution is 0.174. The Hall–Kier alpha value is -4.10. The quantitative estimate of drug-likeness (QED) is 0.397. The Bertz CT molecular complexity index is 1510. The monoisotopic (exact) mass is 495 g/mol. The van der Waals surface area contributed by atoms with Gasteiger partial charge in [0.15, 0.2) is 11.5 Å². The fourth-order valence-corrected chi connectivity index (χ4v) is 5.16. The second-order valence-electron chi connectivity index (χ2n) is 9.63. The summed E-state index contributed by atoms with van der Waals surface area (Å²) in [5, 5.41) is 12.5. The topological polar surface area (TPSA) is 76.3 Å². The normalized spacial score (nSPS) is 16.1. The lowest BCUT2D eigenvalue weighted by atomic mass is 10.0. The lowest BCUT2D eigenvalue weighted by Gasteiger charge is -2.30. The maximum Gasteiger partial charge on any atom is 0.261 e. The van der Waals surface area contributed by atoms with E-state index in [2.05, 4.69) is 29.2 Å². The molecule has 3 aromatic carbocycles. The van der Waals surface area contributed by atoms with Crippen LogP contribution in [0.3, 0.4) is 0 Å². The number of piperidine rings is 1. The number of aliphatic imine (C=N–C) groups is 1. The third-order valence-corrected chi connectivity index (χ3v) is 7.19. The van der Waals surface area contributed by atoms with Gasteiger partial charge in [-0.3, -0.25) is 19.3 Å². The number of nitrogens with zero attached hydrogens (tertiary/aromatic N) is 3. The smallest absolute Gasteiger partial charge is 0.261 e. The van der Waals surface area contributed by atoms with Crippen molar-refractivity contribution >= 4 is 17.0 Å². The summed E-state index contributed by atoms with van der Waals surface area (Å²) >= 11 is 0. The van der Waals surface area contributed by atoms with Crippen LogP contribution in [0.5, 0.6) is 17.4 Å². The summed E-state index contributed by atoms with van der Waals surface area (Å²) in [5.74, 6) is 1.25. The molecule has 3 heterocycles.